The summed E-state index contributed by atoms with van der Waals surface area (Å²) in [5.74, 6) is 0.404. The van der Waals surface area contributed by atoms with Gasteiger partial charge in [-0.05, 0) is 25.7 Å². The summed E-state index contributed by atoms with van der Waals surface area (Å²) in [5.41, 5.74) is 5.85. The molecule has 1 fully saturated rings. The number of sulfonamides is 1. The molecule has 1 aromatic rings. The maximum absolute atomic E-state index is 12.3. The summed E-state index contributed by atoms with van der Waals surface area (Å²) in [6, 6.07) is 0.119. The number of hydrogen-bond acceptors (Lipinski definition) is 5. The van der Waals surface area contributed by atoms with Crippen molar-refractivity contribution in [3.05, 3.63) is 6.20 Å². The van der Waals surface area contributed by atoms with Gasteiger partial charge in [0.2, 0.25) is 0 Å². The first-order chi connectivity index (χ1) is 8.43. The highest BCUT2D eigenvalue weighted by Crippen LogP contribution is 2.24. The molecular weight excluding hydrogens is 290 g/mol. The Kier molecular flexibility index (Phi) is 5.31. The normalized spacial score (nSPS) is 19.9. The number of rotatable bonds is 3. The molecule has 1 aliphatic rings. The second-order valence-electron chi connectivity index (χ2n) is 4.80. The molecule has 2 rings (SSSR count). The summed E-state index contributed by atoms with van der Waals surface area (Å²) in [6.45, 7) is 3.00. The second-order valence-corrected chi connectivity index (χ2v) is 6.68. The van der Waals surface area contributed by atoms with Crippen LogP contribution in [0.25, 0.3) is 0 Å². The number of aryl methyl sites for hydroxylation is 1. The predicted octanol–water partition coefficient (Wildman–Crippen LogP) is -0.0152. The molecule has 0 aliphatic carbocycles. The van der Waals surface area contributed by atoms with Gasteiger partial charge in [-0.15, -0.1) is 17.5 Å². The van der Waals surface area contributed by atoms with Crippen LogP contribution in [0.3, 0.4) is 0 Å². The van der Waals surface area contributed by atoms with Crippen LogP contribution in [0, 0.1) is 5.92 Å². The molecule has 0 aromatic carbocycles. The van der Waals surface area contributed by atoms with Gasteiger partial charge in [0.15, 0.2) is 5.03 Å². The number of aromatic nitrogens is 3. The Bertz CT molecular complexity index is 508. The van der Waals surface area contributed by atoms with E-state index in [1.165, 1.54) is 15.2 Å². The van der Waals surface area contributed by atoms with Crippen LogP contribution in [0.15, 0.2) is 11.2 Å². The zero-order valence-corrected chi connectivity index (χ0v) is 12.7. The van der Waals surface area contributed by atoms with E-state index < -0.39 is 10.0 Å². The fourth-order valence-electron chi connectivity index (χ4n) is 2.29. The van der Waals surface area contributed by atoms with Crippen molar-refractivity contribution in [2.45, 2.75) is 30.8 Å². The topological polar surface area (TPSA) is 94.1 Å². The first-order valence-corrected chi connectivity index (χ1v) is 7.47. The monoisotopic (exact) mass is 309 g/mol. The Hall–Kier alpha value is -0.700. The standard InChI is InChI=1S/C10H19N5O2S.ClH/c1-8(11)9-3-5-15(6-4-9)18(16,17)10-7-12-13-14(10)2;/h7-9H,3-6,11H2,1-2H3;1H. The summed E-state index contributed by atoms with van der Waals surface area (Å²) in [7, 11) is -1.89. The smallest absolute Gasteiger partial charge is 0.261 e. The molecule has 0 spiro atoms. The molecule has 1 aromatic heterocycles. The lowest BCUT2D eigenvalue weighted by Crippen LogP contribution is -2.42. The summed E-state index contributed by atoms with van der Waals surface area (Å²) in [6.07, 6.45) is 2.90. The second kappa shape index (κ2) is 6.17. The van der Waals surface area contributed by atoms with Gasteiger partial charge in [0.1, 0.15) is 0 Å². The molecule has 0 saturated carbocycles. The lowest BCUT2D eigenvalue weighted by molar-refractivity contribution is 0.249. The predicted molar refractivity (Wildman–Crippen MR) is 73.4 cm³/mol. The van der Waals surface area contributed by atoms with Crippen molar-refractivity contribution in [1.29, 1.82) is 0 Å². The van der Waals surface area contributed by atoms with E-state index in [4.69, 9.17) is 5.73 Å². The highest BCUT2D eigenvalue weighted by molar-refractivity contribution is 7.89. The van der Waals surface area contributed by atoms with Crippen LogP contribution in [0.1, 0.15) is 19.8 Å². The molecule has 1 atom stereocenters. The summed E-state index contributed by atoms with van der Waals surface area (Å²) >= 11 is 0. The van der Waals surface area contributed by atoms with Crippen molar-refractivity contribution >= 4 is 22.4 Å². The molecule has 7 nitrogen and oxygen atoms in total. The summed E-state index contributed by atoms with van der Waals surface area (Å²) in [4.78, 5) is 0. The fraction of sp³-hybridized carbons (Fsp3) is 0.800. The molecule has 0 radical (unpaired) electrons. The van der Waals surface area contributed by atoms with Crippen LogP contribution >= 0.6 is 12.4 Å². The van der Waals surface area contributed by atoms with Crippen molar-refractivity contribution in [3.63, 3.8) is 0 Å². The van der Waals surface area contributed by atoms with Crippen molar-refractivity contribution in [2.24, 2.45) is 18.7 Å². The molecule has 2 N–H and O–H groups in total. The van der Waals surface area contributed by atoms with Gasteiger partial charge in [-0.1, -0.05) is 5.21 Å². The molecule has 0 amide bonds. The van der Waals surface area contributed by atoms with E-state index in [0.29, 0.717) is 19.0 Å². The van der Waals surface area contributed by atoms with Gasteiger partial charge in [-0.3, -0.25) is 0 Å². The van der Waals surface area contributed by atoms with E-state index in [9.17, 15) is 8.42 Å². The summed E-state index contributed by atoms with van der Waals surface area (Å²) in [5, 5.41) is 7.42. The fourth-order valence-corrected chi connectivity index (χ4v) is 3.79. The van der Waals surface area contributed by atoms with Crippen LogP contribution < -0.4 is 5.73 Å². The Morgan fingerprint density at radius 1 is 1.42 bits per heavy atom. The van der Waals surface area contributed by atoms with Gasteiger partial charge in [0.25, 0.3) is 10.0 Å². The van der Waals surface area contributed by atoms with Gasteiger partial charge >= 0.3 is 0 Å². The van der Waals surface area contributed by atoms with Gasteiger partial charge in [0.05, 0.1) is 6.20 Å². The van der Waals surface area contributed by atoms with E-state index in [1.807, 2.05) is 6.92 Å². The Morgan fingerprint density at radius 2 is 2.00 bits per heavy atom. The molecule has 1 unspecified atom stereocenters. The third-order valence-electron chi connectivity index (χ3n) is 3.52. The van der Waals surface area contributed by atoms with Crippen molar-refractivity contribution in [1.82, 2.24) is 19.3 Å². The number of nitrogens with two attached hydrogens (primary N) is 1. The molecule has 1 aliphatic heterocycles. The van der Waals surface area contributed by atoms with Crippen LogP contribution in [0.5, 0.6) is 0 Å². The molecule has 2 heterocycles. The first-order valence-electron chi connectivity index (χ1n) is 6.03. The van der Waals surface area contributed by atoms with Crippen molar-refractivity contribution < 1.29 is 8.42 Å². The third-order valence-corrected chi connectivity index (χ3v) is 5.46. The number of hydrogen-bond donors (Lipinski definition) is 1. The largest absolute Gasteiger partial charge is 0.328 e. The van der Waals surface area contributed by atoms with Gasteiger partial charge in [0, 0.05) is 26.2 Å². The first kappa shape index (κ1) is 16.4. The Labute approximate surface area is 119 Å². The number of nitrogens with zero attached hydrogens (tertiary/aromatic N) is 4. The van der Waals surface area contributed by atoms with Gasteiger partial charge in [-0.25, -0.2) is 13.1 Å². The number of halogens is 1. The van der Waals surface area contributed by atoms with Crippen molar-refractivity contribution in [3.8, 4) is 0 Å². The van der Waals surface area contributed by atoms with Crippen LogP contribution in [0.2, 0.25) is 0 Å². The Morgan fingerprint density at radius 3 is 2.42 bits per heavy atom. The van der Waals surface area contributed by atoms with Crippen LogP contribution in [-0.4, -0.2) is 46.8 Å². The van der Waals surface area contributed by atoms with E-state index in [-0.39, 0.29) is 23.5 Å². The minimum atomic E-state index is -3.47. The molecular formula is C10H20ClN5O2S. The maximum Gasteiger partial charge on any atom is 0.261 e. The van der Waals surface area contributed by atoms with Crippen molar-refractivity contribution in [2.75, 3.05) is 13.1 Å². The Balaban J connectivity index is 0.00000180. The average Bonchev–Trinajstić information content (AvgIpc) is 2.76. The molecule has 19 heavy (non-hydrogen) atoms. The molecule has 1 saturated heterocycles. The summed E-state index contributed by atoms with van der Waals surface area (Å²) < 4.78 is 27.5. The van der Waals surface area contributed by atoms with Gasteiger partial charge in [-0.2, -0.15) is 4.31 Å². The minimum Gasteiger partial charge on any atom is -0.328 e. The molecule has 9 heteroatoms. The zero-order valence-electron chi connectivity index (χ0n) is 11.1. The van der Waals surface area contributed by atoms with Crippen LogP contribution in [0.4, 0.5) is 0 Å². The zero-order chi connectivity index (χ0) is 13.3. The quantitative estimate of drug-likeness (QED) is 0.847. The number of piperidine rings is 1. The van der Waals surface area contributed by atoms with E-state index in [0.717, 1.165) is 12.8 Å². The SMILES string of the molecule is CC(N)C1CCN(S(=O)(=O)c2cnnn2C)CC1.Cl. The van der Waals surface area contributed by atoms with E-state index in [1.54, 1.807) is 7.05 Å². The van der Waals surface area contributed by atoms with E-state index in [2.05, 4.69) is 10.3 Å². The van der Waals surface area contributed by atoms with Crippen LogP contribution in [-0.2, 0) is 17.1 Å². The lowest BCUT2D eigenvalue weighted by Gasteiger charge is -2.32. The maximum atomic E-state index is 12.3. The molecule has 0 bridgehead atoms. The lowest BCUT2D eigenvalue weighted by atomic mass is 9.92. The highest BCUT2D eigenvalue weighted by Gasteiger charge is 2.32. The minimum absolute atomic E-state index is 0. The highest BCUT2D eigenvalue weighted by atomic mass is 35.5. The average molecular weight is 310 g/mol. The van der Waals surface area contributed by atoms with E-state index >= 15 is 0 Å². The van der Waals surface area contributed by atoms with Gasteiger partial charge < -0.3 is 5.73 Å². The third kappa shape index (κ3) is 3.25. The molecule has 110 valence electrons.